The van der Waals surface area contributed by atoms with Gasteiger partial charge in [0.25, 0.3) is 5.91 Å². The fraction of sp³-hybridized carbons (Fsp3) is 0.407. The number of primary amides is 1. The van der Waals surface area contributed by atoms with Gasteiger partial charge >= 0.3 is 6.18 Å². The molecule has 218 valence electrons. The summed E-state index contributed by atoms with van der Waals surface area (Å²) in [4.78, 5) is 43.4. The molecule has 6 N–H and O–H groups in total. The molecule has 1 fully saturated rings. The van der Waals surface area contributed by atoms with E-state index in [4.69, 9.17) is 5.73 Å². The number of aliphatic hydroxyl groups is 3. The van der Waals surface area contributed by atoms with Crippen molar-refractivity contribution < 1.29 is 48.0 Å². The van der Waals surface area contributed by atoms with E-state index in [1.165, 1.54) is 0 Å². The number of carbonyl (C=O) groups excluding carboxylic acids is 3. The first kappa shape index (κ1) is 28.6. The van der Waals surface area contributed by atoms with E-state index in [-0.39, 0.29) is 53.1 Å². The lowest BCUT2D eigenvalue weighted by atomic mass is 9.59. The van der Waals surface area contributed by atoms with Gasteiger partial charge in [-0.1, -0.05) is 0 Å². The van der Waals surface area contributed by atoms with Crippen LogP contribution in [-0.2, 0) is 39.8 Å². The minimum Gasteiger partial charge on any atom is -0.508 e. The quantitative estimate of drug-likeness (QED) is 0.327. The van der Waals surface area contributed by atoms with E-state index in [0.29, 0.717) is 11.3 Å². The van der Waals surface area contributed by atoms with Crippen molar-refractivity contribution in [2.45, 2.75) is 43.9 Å². The van der Waals surface area contributed by atoms with Gasteiger partial charge in [-0.3, -0.25) is 14.4 Å². The number of carbonyl (C=O) groups is 3. The van der Waals surface area contributed by atoms with E-state index in [9.17, 15) is 48.0 Å². The van der Waals surface area contributed by atoms with Crippen LogP contribution in [0.2, 0.25) is 0 Å². The van der Waals surface area contributed by atoms with Crippen molar-refractivity contribution in [3.63, 3.8) is 0 Å². The number of amides is 1. The van der Waals surface area contributed by atoms with Gasteiger partial charge in [-0.05, 0) is 42.4 Å². The molecule has 2 aromatic rings. The highest BCUT2D eigenvalue weighted by atomic mass is 32.1. The number of aryl methyl sites for hydroxylation is 2. The van der Waals surface area contributed by atoms with Crippen LogP contribution in [0.25, 0.3) is 5.76 Å². The number of halogens is 3. The number of aromatic nitrogens is 1. The number of thiazole rings is 1. The molecular formula is C27H26F3N3O7S. The average molecular weight is 594 g/mol. The van der Waals surface area contributed by atoms with Gasteiger partial charge in [0, 0.05) is 49.5 Å². The van der Waals surface area contributed by atoms with Gasteiger partial charge in [0.05, 0.1) is 10.6 Å². The van der Waals surface area contributed by atoms with Crippen LogP contribution in [0, 0.1) is 11.8 Å². The van der Waals surface area contributed by atoms with Gasteiger partial charge in [0.2, 0.25) is 5.78 Å². The Bertz CT molecular complexity index is 1580. The highest BCUT2D eigenvalue weighted by molar-refractivity contribution is 7.09. The van der Waals surface area contributed by atoms with Crippen LogP contribution in [0.5, 0.6) is 5.75 Å². The topological polar surface area (TPSA) is 174 Å². The molecule has 1 aromatic carbocycles. The minimum absolute atomic E-state index is 0.00385. The number of benzene rings is 1. The molecule has 0 aliphatic heterocycles. The molecule has 3 atom stereocenters. The third-order valence-electron chi connectivity index (χ3n) is 8.05. The van der Waals surface area contributed by atoms with E-state index in [1.807, 2.05) is 0 Å². The van der Waals surface area contributed by atoms with Crippen molar-refractivity contribution in [1.29, 1.82) is 0 Å². The lowest BCUT2D eigenvalue weighted by Gasteiger charge is -2.46. The average Bonchev–Trinajstić information content (AvgIpc) is 3.35. The van der Waals surface area contributed by atoms with Gasteiger partial charge in [-0.25, -0.2) is 4.98 Å². The molecule has 1 amide bonds. The number of anilines is 1. The van der Waals surface area contributed by atoms with Crippen LogP contribution in [0.15, 0.2) is 28.4 Å². The smallest absolute Gasteiger partial charge is 0.434 e. The number of hydrogen-bond donors (Lipinski definition) is 5. The Balaban J connectivity index is 1.59. The van der Waals surface area contributed by atoms with E-state index in [1.54, 1.807) is 25.1 Å². The maximum absolute atomic E-state index is 13.7. The zero-order chi connectivity index (χ0) is 30.2. The third kappa shape index (κ3) is 4.36. The molecule has 0 bridgehead atoms. The molecule has 0 saturated heterocycles. The van der Waals surface area contributed by atoms with Gasteiger partial charge in [-0.15, -0.1) is 11.3 Å². The molecule has 10 nitrogen and oxygen atoms in total. The molecule has 0 radical (unpaired) electrons. The highest BCUT2D eigenvalue weighted by Crippen LogP contribution is 2.53. The summed E-state index contributed by atoms with van der Waals surface area (Å²) < 4.78 is 38.9. The second-order valence-electron chi connectivity index (χ2n) is 10.7. The molecule has 1 aromatic heterocycles. The second kappa shape index (κ2) is 9.58. The maximum Gasteiger partial charge on any atom is 0.434 e. The fourth-order valence-electron chi connectivity index (χ4n) is 6.11. The predicted molar refractivity (Wildman–Crippen MR) is 140 cm³/mol. The van der Waals surface area contributed by atoms with E-state index < -0.39 is 70.3 Å². The molecule has 3 aliphatic rings. The number of rotatable bonds is 5. The van der Waals surface area contributed by atoms with Crippen LogP contribution < -0.4 is 10.6 Å². The van der Waals surface area contributed by atoms with Gasteiger partial charge in [-0.2, -0.15) is 13.2 Å². The second-order valence-corrected chi connectivity index (χ2v) is 11.6. The first-order valence-electron chi connectivity index (χ1n) is 12.6. The van der Waals surface area contributed by atoms with E-state index in [2.05, 4.69) is 4.98 Å². The number of aliphatic hydroxyl groups excluding tert-OH is 2. The lowest BCUT2D eigenvalue weighted by molar-refractivity contribution is -0.147. The maximum atomic E-state index is 13.7. The number of alkyl halides is 3. The van der Waals surface area contributed by atoms with Gasteiger partial charge < -0.3 is 31.1 Å². The number of hydrogen-bond acceptors (Lipinski definition) is 10. The monoisotopic (exact) mass is 593 g/mol. The van der Waals surface area contributed by atoms with Gasteiger partial charge in [0.15, 0.2) is 17.1 Å². The Morgan fingerprint density at radius 2 is 1.88 bits per heavy atom. The predicted octanol–water partition coefficient (Wildman–Crippen LogP) is 2.75. The summed E-state index contributed by atoms with van der Waals surface area (Å²) in [5.41, 5.74) is 1.67. The fourth-order valence-corrected chi connectivity index (χ4v) is 6.92. The van der Waals surface area contributed by atoms with E-state index >= 15 is 0 Å². The summed E-state index contributed by atoms with van der Waals surface area (Å²) in [7, 11) is 3.45. The number of fused-ring (bicyclic) bond motifs is 3. The lowest BCUT2D eigenvalue weighted by Crippen LogP contribution is -2.58. The SMILES string of the molecule is CN(C)c1cc(CCc2nc(C(F)(F)F)cs2)c(O)c2c1C[C@H]1C[C@H]3CC(=O)C(C(N)=O)=C(O)[C@@]3(O)C(=O)C1=C2O. The van der Waals surface area contributed by atoms with Crippen LogP contribution in [0.4, 0.5) is 18.9 Å². The largest absolute Gasteiger partial charge is 0.508 e. The zero-order valence-electron chi connectivity index (χ0n) is 21.9. The summed E-state index contributed by atoms with van der Waals surface area (Å²) in [6.07, 6.45) is -4.74. The number of phenolic OH excluding ortho intramolecular Hbond substituents is 1. The van der Waals surface area contributed by atoms with Gasteiger partial charge in [0.1, 0.15) is 22.8 Å². The van der Waals surface area contributed by atoms with Crippen molar-refractivity contribution in [1.82, 2.24) is 4.98 Å². The number of phenols is 1. The summed E-state index contributed by atoms with van der Waals surface area (Å²) >= 11 is 0.830. The number of nitrogens with two attached hydrogens (primary N) is 1. The van der Waals surface area contributed by atoms with Crippen LogP contribution in [0.1, 0.15) is 40.2 Å². The van der Waals surface area contributed by atoms with Crippen molar-refractivity contribution in [2.75, 3.05) is 19.0 Å². The number of Topliss-reactive ketones (excluding diaryl/α,β-unsaturated/α-hetero) is 2. The zero-order valence-corrected chi connectivity index (χ0v) is 22.7. The van der Waals surface area contributed by atoms with E-state index in [0.717, 1.165) is 16.7 Å². The number of aromatic hydroxyl groups is 1. The Labute approximate surface area is 235 Å². The molecule has 1 heterocycles. The highest BCUT2D eigenvalue weighted by Gasteiger charge is 2.60. The van der Waals surface area contributed by atoms with Crippen LogP contribution in [-0.4, -0.2) is 62.6 Å². The molecule has 0 unspecified atom stereocenters. The number of nitrogens with zero attached hydrogens (tertiary/aromatic N) is 2. The van der Waals surface area contributed by atoms with Crippen LogP contribution >= 0.6 is 11.3 Å². The Morgan fingerprint density at radius 1 is 1.20 bits per heavy atom. The third-order valence-corrected chi connectivity index (χ3v) is 8.96. The first-order chi connectivity index (χ1) is 19.1. The molecule has 5 rings (SSSR count). The molecule has 3 aliphatic carbocycles. The summed E-state index contributed by atoms with van der Waals surface area (Å²) in [5.74, 6) is -7.15. The first-order valence-corrected chi connectivity index (χ1v) is 13.5. The summed E-state index contributed by atoms with van der Waals surface area (Å²) in [6.45, 7) is 0. The normalized spacial score (nSPS) is 24.2. The molecule has 1 saturated carbocycles. The Hall–Kier alpha value is -3.91. The summed E-state index contributed by atoms with van der Waals surface area (Å²) in [6, 6.07) is 1.66. The Morgan fingerprint density at radius 3 is 2.46 bits per heavy atom. The standard InChI is InChI=1S/C27H26F3N3O7S/c1-33(2)14-7-10(3-4-17-32-16(9-41-17)27(28,29)30)21(35)19-13(14)6-11-5-12-8-15(34)20(25(31)39)24(38)26(12,40)23(37)18(11)22(19)36/h7,9,11-12,35-36,38,40H,3-6,8H2,1-2H3,(H2,31,39)/t11-,12+,26+/m1/s1. The van der Waals surface area contributed by atoms with Crippen molar-refractivity contribution in [3.05, 3.63) is 55.7 Å². The number of ketones is 2. The minimum atomic E-state index is -4.58. The van der Waals surface area contributed by atoms with Crippen molar-refractivity contribution in [3.8, 4) is 5.75 Å². The summed E-state index contributed by atoms with van der Waals surface area (Å²) in [5, 5.41) is 45.9. The van der Waals surface area contributed by atoms with Crippen molar-refractivity contribution >= 4 is 40.3 Å². The molecule has 41 heavy (non-hydrogen) atoms. The Kier molecular flexibility index (Phi) is 6.69. The van der Waals surface area contributed by atoms with Crippen molar-refractivity contribution in [2.24, 2.45) is 17.6 Å². The molecule has 14 heteroatoms. The van der Waals surface area contributed by atoms with Crippen LogP contribution in [0.3, 0.4) is 0 Å². The molecule has 0 spiro atoms. The molecular weight excluding hydrogens is 567 g/mol.